The molecule has 15 rings (SSSR count). The minimum atomic E-state index is 1.05. The van der Waals surface area contributed by atoms with Gasteiger partial charge in [0.2, 0.25) is 0 Å². The van der Waals surface area contributed by atoms with Crippen molar-refractivity contribution < 1.29 is 0 Å². The van der Waals surface area contributed by atoms with Crippen LogP contribution in [0.2, 0.25) is 0 Å². The van der Waals surface area contributed by atoms with Crippen molar-refractivity contribution in [2.75, 3.05) is 4.43 Å². The van der Waals surface area contributed by atoms with Crippen LogP contribution in [0.3, 0.4) is 0 Å². The molecule has 33 atom stereocenters. The van der Waals surface area contributed by atoms with E-state index in [0.717, 1.165) is 82.9 Å². The standard InChI is InChI=1S/C46H63I/c1-6-18(27-15(4)19-9-21(17-7-8-17)30(27)25(19)12-47)22-11-24-31(22)35-32(24)36-39(35)43-40(36)44-42-38-34-29-16(5)28(23-10-20-13(2)14(3)26(20)23)33(29)37(34)41(38)45(42)46(43)44/h13-46H,6-12H2,1-5H3. The zero-order valence-electron chi connectivity index (χ0n) is 30.0. The highest BCUT2D eigenvalue weighted by molar-refractivity contribution is 14.1. The molecule has 0 spiro atoms. The summed E-state index contributed by atoms with van der Waals surface area (Å²) in [7, 11) is 0. The zero-order valence-corrected chi connectivity index (χ0v) is 32.1. The van der Waals surface area contributed by atoms with Crippen LogP contribution in [0.25, 0.3) is 0 Å². The Morgan fingerprint density at radius 3 is 1.53 bits per heavy atom. The Hall–Kier alpha value is 0.730. The van der Waals surface area contributed by atoms with Crippen LogP contribution in [0, 0.1) is 201 Å². The molecule has 254 valence electrons. The van der Waals surface area contributed by atoms with Crippen molar-refractivity contribution in [2.45, 2.75) is 73.1 Å². The SMILES string of the molecule is CCC(C1CC2C1C1C2C2C1C1C2C2C3C4C5C6C(C)C(C7CC8C(C)C(C)C87)C6C5C4C3C12)C1C(C)C2CC(C3CC3)C1C2CI. The maximum atomic E-state index is 2.82. The summed E-state index contributed by atoms with van der Waals surface area (Å²) in [4.78, 5) is 0. The van der Waals surface area contributed by atoms with Gasteiger partial charge in [-0.2, -0.15) is 0 Å². The average molecular weight is 743 g/mol. The molecular weight excluding hydrogens is 679 g/mol. The summed E-state index contributed by atoms with van der Waals surface area (Å²) in [6.45, 7) is 13.4. The van der Waals surface area contributed by atoms with E-state index < -0.39 is 0 Å². The molecule has 0 aromatic rings. The van der Waals surface area contributed by atoms with Crippen molar-refractivity contribution in [3.8, 4) is 0 Å². The molecule has 0 nitrogen and oxygen atoms in total. The van der Waals surface area contributed by atoms with E-state index in [1.54, 1.807) is 32.1 Å². The van der Waals surface area contributed by atoms with Gasteiger partial charge in [0.25, 0.3) is 0 Å². The average Bonchev–Trinajstić information content (AvgIpc) is 3.75. The van der Waals surface area contributed by atoms with Crippen molar-refractivity contribution in [1.82, 2.24) is 0 Å². The fourth-order valence-electron chi connectivity index (χ4n) is 23.7. The Kier molecular flexibility index (Phi) is 4.72. The van der Waals surface area contributed by atoms with Gasteiger partial charge in [-0.05, 0) is 233 Å². The minimum Gasteiger partial charge on any atom is -0.0861 e. The molecule has 0 heterocycles. The molecule has 15 aliphatic carbocycles. The molecule has 0 saturated heterocycles. The molecule has 15 fully saturated rings. The second kappa shape index (κ2) is 8.12. The number of halogens is 1. The van der Waals surface area contributed by atoms with Crippen molar-refractivity contribution in [1.29, 1.82) is 0 Å². The number of hydrogen-bond acceptors (Lipinski definition) is 0. The zero-order chi connectivity index (χ0) is 30.6. The Labute approximate surface area is 299 Å². The second-order valence-corrected chi connectivity index (χ2v) is 24.4. The Balaban J connectivity index is 0.656. The van der Waals surface area contributed by atoms with Crippen molar-refractivity contribution in [2.24, 2.45) is 201 Å². The molecule has 15 aliphatic rings. The Morgan fingerprint density at radius 1 is 0.447 bits per heavy atom. The molecule has 2 bridgehead atoms. The van der Waals surface area contributed by atoms with Gasteiger partial charge in [-0.3, -0.25) is 0 Å². The second-order valence-electron chi connectivity index (χ2n) is 23.5. The summed E-state index contributed by atoms with van der Waals surface area (Å²) < 4.78 is 1.47. The van der Waals surface area contributed by atoms with Gasteiger partial charge >= 0.3 is 0 Å². The molecule has 1 heteroatoms. The number of alkyl halides is 1. The smallest absolute Gasteiger partial charge is 0.00293 e. The topological polar surface area (TPSA) is 0 Å². The van der Waals surface area contributed by atoms with Gasteiger partial charge in [-0.25, -0.2) is 0 Å². The third-order valence-corrected chi connectivity index (χ3v) is 25.8. The third kappa shape index (κ3) is 2.44. The highest BCUT2D eigenvalue weighted by atomic mass is 127. The van der Waals surface area contributed by atoms with Crippen LogP contribution in [0.5, 0.6) is 0 Å². The summed E-state index contributed by atoms with van der Waals surface area (Å²) in [5.74, 6) is 40.6. The maximum absolute atomic E-state index is 2.82. The van der Waals surface area contributed by atoms with Crippen LogP contribution in [0.4, 0.5) is 0 Å². The first-order chi connectivity index (χ1) is 23.0. The van der Waals surface area contributed by atoms with Crippen LogP contribution < -0.4 is 0 Å². The normalized spacial score (nSPS) is 79.3. The maximum Gasteiger partial charge on any atom is 0.00293 e. The molecule has 15 saturated carbocycles. The quantitative estimate of drug-likeness (QED) is 0.145. The van der Waals surface area contributed by atoms with E-state index >= 15 is 0 Å². The highest BCUT2D eigenvalue weighted by Crippen LogP contribution is 2.97. The van der Waals surface area contributed by atoms with E-state index in [2.05, 4.69) is 57.2 Å². The lowest BCUT2D eigenvalue weighted by Crippen LogP contribution is -2.94. The van der Waals surface area contributed by atoms with Crippen LogP contribution in [-0.2, 0) is 0 Å². The molecule has 0 aromatic carbocycles. The van der Waals surface area contributed by atoms with Gasteiger partial charge in [-0.15, -0.1) is 0 Å². The number of fused-ring (bicyclic) bond motifs is 28. The van der Waals surface area contributed by atoms with Gasteiger partial charge in [0.15, 0.2) is 0 Å². The third-order valence-electron chi connectivity index (χ3n) is 24.8. The predicted octanol–water partition coefficient (Wildman–Crippen LogP) is 10.0. The molecule has 0 amide bonds. The summed E-state index contributed by atoms with van der Waals surface area (Å²) in [5.41, 5.74) is 0. The lowest BCUT2D eigenvalue weighted by atomic mass is 9.07. The van der Waals surface area contributed by atoms with E-state index in [-0.39, 0.29) is 0 Å². The summed E-state index contributed by atoms with van der Waals surface area (Å²) >= 11 is 2.82. The minimum absolute atomic E-state index is 1.05. The molecule has 0 aromatic heterocycles. The summed E-state index contributed by atoms with van der Waals surface area (Å²) in [6.07, 6.45) is 9.70. The molecule has 0 radical (unpaired) electrons. The lowest BCUT2D eigenvalue weighted by Gasteiger charge is -2.97. The summed E-state index contributed by atoms with van der Waals surface area (Å²) in [6, 6.07) is 0. The van der Waals surface area contributed by atoms with Crippen LogP contribution in [-0.4, -0.2) is 4.43 Å². The Morgan fingerprint density at radius 2 is 0.979 bits per heavy atom. The highest BCUT2D eigenvalue weighted by Gasteiger charge is 2.93. The van der Waals surface area contributed by atoms with Crippen molar-refractivity contribution in [3.05, 3.63) is 0 Å². The molecule has 47 heavy (non-hydrogen) atoms. The van der Waals surface area contributed by atoms with Crippen molar-refractivity contribution >= 4 is 22.6 Å². The van der Waals surface area contributed by atoms with Gasteiger partial charge < -0.3 is 0 Å². The van der Waals surface area contributed by atoms with Crippen LogP contribution >= 0.6 is 22.6 Å². The molecular formula is C46H63I. The first-order valence-electron chi connectivity index (χ1n) is 22.5. The van der Waals surface area contributed by atoms with Gasteiger partial charge in [-0.1, -0.05) is 63.6 Å². The summed E-state index contributed by atoms with van der Waals surface area (Å²) in [5, 5.41) is 0. The van der Waals surface area contributed by atoms with E-state index in [1.165, 1.54) is 129 Å². The van der Waals surface area contributed by atoms with Gasteiger partial charge in [0.1, 0.15) is 0 Å². The van der Waals surface area contributed by atoms with E-state index in [9.17, 15) is 0 Å². The molecule has 33 unspecified atom stereocenters. The lowest BCUT2D eigenvalue weighted by molar-refractivity contribution is -0.507. The first kappa shape index (κ1) is 27.4. The largest absolute Gasteiger partial charge is 0.0861 e. The van der Waals surface area contributed by atoms with E-state index in [1.807, 2.05) is 0 Å². The molecule has 0 aliphatic heterocycles. The molecule has 0 N–H and O–H groups in total. The number of hydrogen-bond donors (Lipinski definition) is 0. The fourth-order valence-corrected chi connectivity index (χ4v) is 24.9. The van der Waals surface area contributed by atoms with Crippen molar-refractivity contribution in [3.63, 3.8) is 0 Å². The predicted molar refractivity (Wildman–Crippen MR) is 194 cm³/mol. The van der Waals surface area contributed by atoms with Crippen LogP contribution in [0.1, 0.15) is 73.1 Å². The number of rotatable bonds is 6. The van der Waals surface area contributed by atoms with E-state index in [4.69, 9.17) is 0 Å². The van der Waals surface area contributed by atoms with Crippen LogP contribution in [0.15, 0.2) is 0 Å². The van der Waals surface area contributed by atoms with Gasteiger partial charge in [0, 0.05) is 4.43 Å². The van der Waals surface area contributed by atoms with E-state index in [0.29, 0.717) is 0 Å². The Bertz CT molecular complexity index is 1470. The fraction of sp³-hybridized carbons (Fsp3) is 1.00. The first-order valence-corrected chi connectivity index (χ1v) is 24.1. The monoisotopic (exact) mass is 742 g/mol. The van der Waals surface area contributed by atoms with Gasteiger partial charge in [0.05, 0.1) is 0 Å².